The van der Waals surface area contributed by atoms with Crippen molar-refractivity contribution in [3.8, 4) is 21.9 Å². The zero-order chi connectivity index (χ0) is 43.3. The third-order valence-corrected chi connectivity index (χ3v) is 13.1. The number of carbonyl (C=O) groups excluding carboxylic acids is 2. The average Bonchev–Trinajstić information content (AvgIpc) is 3.56. The second-order valence-corrected chi connectivity index (χ2v) is 19.7. The highest BCUT2D eigenvalue weighted by Crippen LogP contribution is 2.42. The Morgan fingerprint density at radius 3 is 2.14 bits per heavy atom. The molecule has 12 nitrogen and oxygen atoms in total. The summed E-state index contributed by atoms with van der Waals surface area (Å²) in [5.74, 6) is -0.0125. The van der Waals surface area contributed by atoms with Crippen molar-refractivity contribution >= 4 is 39.2 Å². The Morgan fingerprint density at radius 2 is 1.54 bits per heavy atom. The number of methoxy groups -OCH3 is 1. The molecule has 3 aromatic carbocycles. The molecule has 1 aliphatic rings. The number of carboxylic acid groups (broad SMARTS) is 1. The molecule has 5 rings (SSSR count). The molecule has 318 valence electrons. The first-order valence-corrected chi connectivity index (χ1v) is 22.1. The molecule has 0 spiro atoms. The highest BCUT2D eigenvalue weighted by molar-refractivity contribution is 7.89. The van der Waals surface area contributed by atoms with E-state index < -0.39 is 39.5 Å². The fraction of sp³-hybridized carbons (Fsp3) is 0.444. The maximum absolute atomic E-state index is 14.0. The van der Waals surface area contributed by atoms with Crippen molar-refractivity contribution in [2.45, 2.75) is 109 Å². The Hall–Kier alpha value is -4.76. The van der Waals surface area contributed by atoms with Crippen molar-refractivity contribution in [1.29, 1.82) is 0 Å². The van der Waals surface area contributed by atoms with E-state index in [4.69, 9.17) is 14.2 Å². The Bertz CT molecular complexity index is 2220. The standard InChI is InChI=1S/C45H56N2O10S2/c1-29(2)27-46(59(53,54)35-22-20-33(55-8)21-23-35)25-24-32(47(45(6,7)52)43(51)57-44(3,4)5)26-30-16-18-34(19-17-30)56-28-31-12-9-10-13-36(31)41-39(42(49)50)37-14-11-15-38(48)40(37)58-41/h9-10,12-13,16-23,29,32,52H,11,14-15,24-28H2,1-8H3,(H,49,50)/t32-/m1/s1. The minimum atomic E-state index is -3.95. The molecule has 1 aliphatic carbocycles. The van der Waals surface area contributed by atoms with Crippen molar-refractivity contribution in [1.82, 2.24) is 9.21 Å². The summed E-state index contributed by atoms with van der Waals surface area (Å²) in [7, 11) is -2.43. The van der Waals surface area contributed by atoms with Crippen LogP contribution >= 0.6 is 11.3 Å². The van der Waals surface area contributed by atoms with Crippen LogP contribution in [0.4, 0.5) is 4.79 Å². The van der Waals surface area contributed by atoms with Gasteiger partial charge in [-0.15, -0.1) is 11.3 Å². The number of ether oxygens (including phenoxy) is 3. The highest BCUT2D eigenvalue weighted by atomic mass is 32.2. The highest BCUT2D eigenvalue weighted by Gasteiger charge is 2.39. The van der Waals surface area contributed by atoms with Crippen molar-refractivity contribution in [2.75, 3.05) is 20.2 Å². The Labute approximate surface area is 351 Å². The predicted molar refractivity (Wildman–Crippen MR) is 228 cm³/mol. The summed E-state index contributed by atoms with van der Waals surface area (Å²) in [6.45, 7) is 12.5. The summed E-state index contributed by atoms with van der Waals surface area (Å²) in [5.41, 5.74) is 0.524. The zero-order valence-electron chi connectivity index (χ0n) is 35.1. The van der Waals surface area contributed by atoms with Gasteiger partial charge in [-0.05, 0) is 125 Å². The van der Waals surface area contributed by atoms with Gasteiger partial charge in [0.2, 0.25) is 10.0 Å². The summed E-state index contributed by atoms with van der Waals surface area (Å²) < 4.78 is 46.7. The fourth-order valence-electron chi connectivity index (χ4n) is 7.27. The maximum Gasteiger partial charge on any atom is 0.412 e. The number of rotatable bonds is 17. The van der Waals surface area contributed by atoms with Gasteiger partial charge in [0.1, 0.15) is 29.4 Å². The molecular weight excluding hydrogens is 793 g/mol. The normalized spacial score (nSPS) is 13.9. The number of Topliss-reactive ketones (excluding diaryl/α,β-unsaturated/α-hetero) is 1. The summed E-state index contributed by atoms with van der Waals surface area (Å²) in [6, 6.07) is 20.2. The third-order valence-electron chi connectivity index (χ3n) is 9.88. The second-order valence-electron chi connectivity index (χ2n) is 16.7. The lowest BCUT2D eigenvalue weighted by Gasteiger charge is -2.41. The SMILES string of the molecule is COc1ccc(S(=O)(=O)N(CC[C@H](Cc2ccc(OCc3ccccc3-c3sc4c(c3C(=O)O)CCCC4=O)cc2)N(C(=O)OC(C)(C)C)C(C)(C)O)CC(C)C)cc1. The molecule has 0 unspecified atom stereocenters. The molecule has 59 heavy (non-hydrogen) atoms. The summed E-state index contributed by atoms with van der Waals surface area (Å²) >= 11 is 1.23. The van der Waals surface area contributed by atoms with E-state index in [2.05, 4.69) is 0 Å². The molecule has 0 fully saturated rings. The lowest BCUT2D eigenvalue weighted by molar-refractivity contribution is -0.102. The van der Waals surface area contributed by atoms with Crippen molar-refractivity contribution in [3.05, 3.63) is 99.9 Å². The van der Waals surface area contributed by atoms with E-state index in [9.17, 15) is 33.0 Å². The first-order valence-electron chi connectivity index (χ1n) is 19.8. The van der Waals surface area contributed by atoms with Crippen LogP contribution in [0.3, 0.4) is 0 Å². The number of nitrogens with zero attached hydrogens (tertiary/aromatic N) is 2. The van der Waals surface area contributed by atoms with Gasteiger partial charge < -0.3 is 24.4 Å². The monoisotopic (exact) mass is 848 g/mol. The van der Waals surface area contributed by atoms with Crippen molar-refractivity contribution in [2.24, 2.45) is 5.92 Å². The number of hydrogen-bond acceptors (Lipinski definition) is 10. The molecule has 0 bridgehead atoms. The molecule has 0 saturated carbocycles. The van der Waals surface area contributed by atoms with E-state index in [0.29, 0.717) is 51.6 Å². The largest absolute Gasteiger partial charge is 0.497 e. The smallest absolute Gasteiger partial charge is 0.412 e. The molecule has 1 amide bonds. The Morgan fingerprint density at radius 1 is 0.898 bits per heavy atom. The number of sulfonamides is 1. The van der Waals surface area contributed by atoms with Crippen molar-refractivity contribution in [3.63, 3.8) is 0 Å². The molecule has 1 heterocycles. The summed E-state index contributed by atoms with van der Waals surface area (Å²) in [4.78, 5) is 41.4. The van der Waals surface area contributed by atoms with Gasteiger partial charge in [0.15, 0.2) is 5.78 Å². The van der Waals surface area contributed by atoms with Crippen molar-refractivity contribution < 1.29 is 47.2 Å². The minimum absolute atomic E-state index is 0.00344. The molecule has 0 radical (unpaired) electrons. The van der Waals surface area contributed by atoms with Crippen LogP contribution in [0.15, 0.2) is 77.7 Å². The fourth-order valence-corrected chi connectivity index (χ4v) is 10.3. The number of carbonyl (C=O) groups is 3. The van der Waals surface area contributed by atoms with Crippen LogP contribution in [0.5, 0.6) is 11.5 Å². The number of carboxylic acids is 1. The number of aliphatic hydroxyl groups is 1. The van der Waals surface area contributed by atoms with Gasteiger partial charge >= 0.3 is 12.1 Å². The van der Waals surface area contributed by atoms with E-state index in [1.807, 2.05) is 50.2 Å². The van der Waals surface area contributed by atoms with Crippen LogP contribution in [0.2, 0.25) is 0 Å². The quantitative estimate of drug-likeness (QED) is 0.0983. The van der Waals surface area contributed by atoms with E-state index >= 15 is 0 Å². The number of hydrogen-bond donors (Lipinski definition) is 2. The lowest BCUT2D eigenvalue weighted by atomic mass is 9.92. The molecule has 1 atom stereocenters. The number of ketones is 1. The number of amides is 1. The first-order chi connectivity index (χ1) is 27.7. The molecule has 14 heteroatoms. The predicted octanol–water partition coefficient (Wildman–Crippen LogP) is 8.83. The maximum atomic E-state index is 14.0. The molecular formula is C45H56N2O10S2. The van der Waals surface area contributed by atoms with Crippen LogP contribution in [-0.2, 0) is 34.2 Å². The summed E-state index contributed by atoms with van der Waals surface area (Å²) in [6.07, 6.45) is 1.29. The topological polar surface area (TPSA) is 160 Å². The third kappa shape index (κ3) is 11.3. The van der Waals surface area contributed by atoms with E-state index in [0.717, 1.165) is 11.1 Å². The zero-order valence-corrected chi connectivity index (χ0v) is 36.7. The number of thiophene rings is 1. The summed E-state index contributed by atoms with van der Waals surface area (Å²) in [5, 5.41) is 21.6. The first kappa shape index (κ1) is 45.3. The van der Waals surface area contributed by atoms with Gasteiger partial charge in [-0.1, -0.05) is 50.2 Å². The molecule has 0 saturated heterocycles. The van der Waals surface area contributed by atoms with Gasteiger partial charge in [0.05, 0.1) is 27.3 Å². The number of benzene rings is 3. The van der Waals surface area contributed by atoms with E-state index in [1.165, 1.54) is 53.6 Å². The number of aromatic carboxylic acids is 1. The Kier molecular flexibility index (Phi) is 14.3. The number of fused-ring (bicyclic) bond motifs is 1. The second kappa shape index (κ2) is 18.7. The van der Waals surface area contributed by atoms with Gasteiger partial charge in [0, 0.05) is 25.6 Å². The van der Waals surface area contributed by atoms with Gasteiger partial charge in [-0.3, -0.25) is 9.69 Å². The van der Waals surface area contributed by atoms with Crippen LogP contribution in [-0.4, -0.2) is 83.2 Å². The van der Waals surface area contributed by atoms with E-state index in [1.54, 1.807) is 45.0 Å². The Balaban J connectivity index is 1.40. The molecule has 0 aliphatic heterocycles. The molecule has 2 N–H and O–H groups in total. The van der Waals surface area contributed by atoms with Crippen LogP contribution in [0.1, 0.15) is 104 Å². The lowest BCUT2D eigenvalue weighted by Crippen LogP contribution is -2.56. The minimum Gasteiger partial charge on any atom is -0.497 e. The van der Waals surface area contributed by atoms with Gasteiger partial charge in [-0.25, -0.2) is 18.0 Å². The van der Waals surface area contributed by atoms with Crippen LogP contribution in [0.25, 0.3) is 10.4 Å². The molecule has 4 aromatic rings. The average molecular weight is 849 g/mol. The van der Waals surface area contributed by atoms with Crippen LogP contribution < -0.4 is 9.47 Å². The van der Waals surface area contributed by atoms with Gasteiger partial charge in [-0.2, -0.15) is 4.31 Å². The van der Waals surface area contributed by atoms with Gasteiger partial charge in [0.25, 0.3) is 0 Å². The van der Waals surface area contributed by atoms with E-state index in [-0.39, 0.29) is 54.7 Å². The van der Waals surface area contributed by atoms with Crippen LogP contribution in [0, 0.1) is 5.92 Å². The molecule has 1 aromatic heterocycles.